The molecule has 0 unspecified atom stereocenters. The van der Waals surface area contributed by atoms with E-state index < -0.39 is 0 Å². The first-order chi connectivity index (χ1) is 12.7. The molecular formula is C21H29NO4. The minimum atomic E-state index is -0.184. The molecule has 1 aliphatic carbocycles. The van der Waals surface area contributed by atoms with Crippen LogP contribution >= 0.6 is 0 Å². The van der Waals surface area contributed by atoms with Crippen LogP contribution in [-0.4, -0.2) is 38.2 Å². The average Bonchev–Trinajstić information content (AvgIpc) is 2.97. The molecule has 2 aliphatic heterocycles. The lowest BCUT2D eigenvalue weighted by molar-refractivity contribution is -0.137. The summed E-state index contributed by atoms with van der Waals surface area (Å²) in [6.07, 6.45) is 6.05. The number of hydrogen-bond acceptors (Lipinski definition) is 4. The second kappa shape index (κ2) is 6.76. The average molecular weight is 359 g/mol. The highest BCUT2D eigenvalue weighted by molar-refractivity contribution is 5.82. The van der Waals surface area contributed by atoms with Gasteiger partial charge in [0, 0.05) is 13.0 Å². The highest BCUT2D eigenvalue weighted by Gasteiger charge is 2.58. The van der Waals surface area contributed by atoms with Crippen molar-refractivity contribution in [1.29, 1.82) is 0 Å². The van der Waals surface area contributed by atoms with Crippen molar-refractivity contribution in [1.82, 2.24) is 4.90 Å². The zero-order valence-corrected chi connectivity index (χ0v) is 16.0. The molecule has 3 aliphatic rings. The number of rotatable bonds is 5. The fourth-order valence-electron chi connectivity index (χ4n) is 5.37. The van der Waals surface area contributed by atoms with Crippen molar-refractivity contribution < 1.29 is 19.0 Å². The zero-order valence-electron chi connectivity index (χ0n) is 16.0. The molecule has 1 aromatic rings. The number of hydrogen-bond donors (Lipinski definition) is 0. The lowest BCUT2D eigenvalue weighted by Gasteiger charge is -2.51. The van der Waals surface area contributed by atoms with Gasteiger partial charge in [0.1, 0.15) is 6.10 Å². The number of ether oxygens (including phenoxy) is 3. The molecule has 0 N–H and O–H groups in total. The van der Waals surface area contributed by atoms with Crippen LogP contribution in [0.4, 0.5) is 0 Å². The molecule has 3 atom stereocenters. The highest BCUT2D eigenvalue weighted by Crippen LogP contribution is 2.58. The number of fused-ring (bicyclic) bond motifs is 1. The van der Waals surface area contributed by atoms with Crippen LogP contribution in [0.3, 0.4) is 0 Å². The van der Waals surface area contributed by atoms with Crippen molar-refractivity contribution in [3.8, 4) is 11.5 Å². The molecule has 5 nitrogen and oxygen atoms in total. The van der Waals surface area contributed by atoms with Crippen LogP contribution < -0.4 is 9.47 Å². The maximum Gasteiger partial charge on any atom is 0.223 e. The monoisotopic (exact) mass is 359 g/mol. The van der Waals surface area contributed by atoms with Gasteiger partial charge in [-0.25, -0.2) is 0 Å². The van der Waals surface area contributed by atoms with Crippen LogP contribution in [-0.2, 0) is 15.1 Å². The normalized spacial score (nSPS) is 29.8. The quantitative estimate of drug-likeness (QED) is 0.802. The molecule has 1 spiro atoms. The Morgan fingerprint density at radius 1 is 1.19 bits per heavy atom. The third-order valence-corrected chi connectivity index (χ3v) is 6.48. The van der Waals surface area contributed by atoms with E-state index in [4.69, 9.17) is 14.2 Å². The molecule has 0 aromatic heterocycles. The van der Waals surface area contributed by atoms with Crippen LogP contribution in [0.15, 0.2) is 12.1 Å². The third-order valence-electron chi connectivity index (χ3n) is 6.48. The molecule has 2 heterocycles. The van der Waals surface area contributed by atoms with Crippen molar-refractivity contribution in [2.24, 2.45) is 5.92 Å². The van der Waals surface area contributed by atoms with E-state index in [9.17, 15) is 4.79 Å². The first-order valence-corrected chi connectivity index (χ1v) is 9.84. The van der Waals surface area contributed by atoms with Crippen molar-refractivity contribution in [2.75, 3.05) is 27.4 Å². The van der Waals surface area contributed by atoms with Gasteiger partial charge in [0.15, 0.2) is 11.5 Å². The maximum atomic E-state index is 12.9. The summed E-state index contributed by atoms with van der Waals surface area (Å²) < 4.78 is 17.3. The first-order valence-electron chi connectivity index (χ1n) is 9.84. The molecule has 0 radical (unpaired) electrons. The van der Waals surface area contributed by atoms with Gasteiger partial charge in [-0.1, -0.05) is 19.8 Å². The Morgan fingerprint density at radius 2 is 1.96 bits per heavy atom. The van der Waals surface area contributed by atoms with Gasteiger partial charge in [-0.2, -0.15) is 0 Å². The SMILES string of the molecule is CCCO[C@H]1CN2C(=O)C[C@@H]3CCCC[C@@]32c2cc(OC)c(OC)cc21. The molecule has 0 bridgehead atoms. The van der Waals surface area contributed by atoms with E-state index in [2.05, 4.69) is 24.0 Å². The van der Waals surface area contributed by atoms with Crippen molar-refractivity contribution in [2.45, 2.75) is 57.1 Å². The van der Waals surface area contributed by atoms with Crippen LogP contribution in [0.2, 0.25) is 0 Å². The zero-order chi connectivity index (χ0) is 18.3. The number of carbonyl (C=O) groups is 1. The van der Waals surface area contributed by atoms with Gasteiger partial charge in [-0.05, 0) is 48.4 Å². The number of methoxy groups -OCH3 is 2. The third kappa shape index (κ3) is 2.43. The van der Waals surface area contributed by atoms with E-state index >= 15 is 0 Å². The topological polar surface area (TPSA) is 48.0 Å². The lowest BCUT2D eigenvalue weighted by atomic mass is 9.66. The summed E-state index contributed by atoms with van der Waals surface area (Å²) in [6.45, 7) is 3.45. The summed E-state index contributed by atoms with van der Waals surface area (Å²) in [4.78, 5) is 15.0. The standard InChI is InChI=1S/C21H29NO4/c1-4-9-26-19-13-22-20(23)10-14-7-5-6-8-21(14,22)16-12-18(25-3)17(24-2)11-15(16)19/h11-12,14,19H,4-10,13H2,1-3H3/t14-,19-,21-/m0/s1. The van der Waals surface area contributed by atoms with Gasteiger partial charge in [-0.3, -0.25) is 4.79 Å². The van der Waals surface area contributed by atoms with Gasteiger partial charge in [0.2, 0.25) is 5.91 Å². The Kier molecular flexibility index (Phi) is 4.59. The summed E-state index contributed by atoms with van der Waals surface area (Å²) in [7, 11) is 3.34. The number of nitrogens with zero attached hydrogens (tertiary/aromatic N) is 1. The summed E-state index contributed by atoms with van der Waals surface area (Å²) in [6, 6.07) is 4.19. The van der Waals surface area contributed by atoms with Crippen LogP contribution in [0.25, 0.3) is 0 Å². The number of carbonyl (C=O) groups excluding carboxylic acids is 1. The molecule has 5 heteroatoms. The molecule has 1 saturated carbocycles. The Morgan fingerprint density at radius 3 is 2.69 bits per heavy atom. The van der Waals surface area contributed by atoms with E-state index in [0.717, 1.165) is 37.2 Å². The minimum absolute atomic E-state index is 0.0972. The predicted molar refractivity (Wildman–Crippen MR) is 98.5 cm³/mol. The van der Waals surface area contributed by atoms with E-state index in [1.54, 1.807) is 14.2 Å². The van der Waals surface area contributed by atoms with Crippen LogP contribution in [0, 0.1) is 5.92 Å². The second-order valence-corrected chi connectivity index (χ2v) is 7.73. The van der Waals surface area contributed by atoms with Gasteiger partial charge in [-0.15, -0.1) is 0 Å². The summed E-state index contributed by atoms with van der Waals surface area (Å²) in [5.74, 6) is 2.15. The largest absolute Gasteiger partial charge is 0.493 e. The predicted octanol–water partition coefficient (Wildman–Crippen LogP) is 3.80. The van der Waals surface area contributed by atoms with E-state index in [1.807, 2.05) is 0 Å². The van der Waals surface area contributed by atoms with Crippen molar-refractivity contribution in [3.05, 3.63) is 23.3 Å². The highest BCUT2D eigenvalue weighted by atomic mass is 16.5. The van der Waals surface area contributed by atoms with Crippen molar-refractivity contribution >= 4 is 5.91 Å². The first kappa shape index (κ1) is 17.7. The van der Waals surface area contributed by atoms with E-state index in [0.29, 0.717) is 25.5 Å². The van der Waals surface area contributed by atoms with Crippen LogP contribution in [0.5, 0.6) is 11.5 Å². The smallest absolute Gasteiger partial charge is 0.223 e. The second-order valence-electron chi connectivity index (χ2n) is 7.73. The summed E-state index contributed by atoms with van der Waals surface area (Å²) >= 11 is 0. The van der Waals surface area contributed by atoms with Crippen LogP contribution in [0.1, 0.15) is 62.7 Å². The van der Waals surface area contributed by atoms with Gasteiger partial charge in [0.25, 0.3) is 0 Å². The number of amides is 1. The summed E-state index contributed by atoms with van der Waals surface area (Å²) in [5.41, 5.74) is 2.21. The van der Waals surface area contributed by atoms with Gasteiger partial charge < -0.3 is 19.1 Å². The Bertz CT molecular complexity index is 703. The molecule has 142 valence electrons. The molecule has 26 heavy (non-hydrogen) atoms. The van der Waals surface area contributed by atoms with Gasteiger partial charge >= 0.3 is 0 Å². The van der Waals surface area contributed by atoms with Crippen molar-refractivity contribution in [3.63, 3.8) is 0 Å². The fourth-order valence-corrected chi connectivity index (χ4v) is 5.37. The Labute approximate surface area is 155 Å². The minimum Gasteiger partial charge on any atom is -0.493 e. The lowest BCUT2D eigenvalue weighted by Crippen LogP contribution is -2.53. The molecule has 1 aromatic carbocycles. The fraction of sp³-hybridized carbons (Fsp3) is 0.667. The van der Waals surface area contributed by atoms with E-state index in [1.165, 1.54) is 17.5 Å². The Balaban J connectivity index is 1.89. The molecular weight excluding hydrogens is 330 g/mol. The molecule has 1 saturated heterocycles. The summed E-state index contributed by atoms with van der Waals surface area (Å²) in [5, 5.41) is 0. The maximum absolute atomic E-state index is 12.9. The van der Waals surface area contributed by atoms with Gasteiger partial charge in [0.05, 0.1) is 26.3 Å². The molecule has 2 fully saturated rings. The van der Waals surface area contributed by atoms with E-state index in [-0.39, 0.29) is 17.6 Å². The molecule has 4 rings (SSSR count). The Hall–Kier alpha value is -1.75. The number of benzene rings is 1. The molecule has 1 amide bonds.